The molecule has 0 saturated carbocycles. The summed E-state index contributed by atoms with van der Waals surface area (Å²) in [5.74, 6) is -1.02. The summed E-state index contributed by atoms with van der Waals surface area (Å²) in [4.78, 5) is 38.0. The van der Waals surface area contributed by atoms with Gasteiger partial charge in [0.1, 0.15) is 13.2 Å². The van der Waals surface area contributed by atoms with Crippen molar-refractivity contribution in [3.05, 3.63) is 146 Å². The number of unbranched alkanes of at least 4 members (excludes halogenated alkanes) is 10. The van der Waals surface area contributed by atoms with Crippen LogP contribution >= 0.6 is 0 Å². The number of rotatable bonds is 45. The highest BCUT2D eigenvalue weighted by atomic mass is 16.6. The topological polar surface area (TPSA) is 78.9 Å². The maximum Gasteiger partial charge on any atom is 0.306 e. The first-order valence-corrected chi connectivity index (χ1v) is 26.3. The predicted molar refractivity (Wildman–Crippen MR) is 288 cm³/mol. The molecule has 0 radical (unpaired) electrons. The lowest BCUT2D eigenvalue weighted by Gasteiger charge is -2.18. The molecule has 0 aromatic heterocycles. The molecule has 0 aromatic rings. The highest BCUT2D eigenvalue weighted by Gasteiger charge is 2.19. The van der Waals surface area contributed by atoms with E-state index in [1.165, 1.54) is 0 Å². The van der Waals surface area contributed by atoms with E-state index in [1.807, 2.05) is 0 Å². The van der Waals surface area contributed by atoms with Crippen LogP contribution in [0.5, 0.6) is 0 Å². The summed E-state index contributed by atoms with van der Waals surface area (Å²) in [6, 6.07) is 0. The first-order valence-electron chi connectivity index (χ1n) is 26.3. The summed E-state index contributed by atoms with van der Waals surface area (Å²) < 4.78 is 16.7. The van der Waals surface area contributed by atoms with Crippen LogP contribution in [0.1, 0.15) is 201 Å². The van der Waals surface area contributed by atoms with E-state index in [9.17, 15) is 14.4 Å². The van der Waals surface area contributed by atoms with E-state index in [4.69, 9.17) is 14.2 Å². The zero-order valence-corrected chi connectivity index (χ0v) is 42.6. The normalized spacial score (nSPS) is 12.9. The van der Waals surface area contributed by atoms with Gasteiger partial charge >= 0.3 is 17.9 Å². The van der Waals surface area contributed by atoms with Gasteiger partial charge < -0.3 is 14.2 Å². The van der Waals surface area contributed by atoms with Crippen LogP contribution < -0.4 is 0 Å². The molecule has 0 aliphatic carbocycles. The molecule has 0 aromatic carbocycles. The van der Waals surface area contributed by atoms with Crippen molar-refractivity contribution in [1.82, 2.24) is 0 Å². The van der Waals surface area contributed by atoms with Crippen LogP contribution in [-0.4, -0.2) is 37.2 Å². The van der Waals surface area contributed by atoms with E-state index in [0.29, 0.717) is 19.3 Å². The van der Waals surface area contributed by atoms with Crippen molar-refractivity contribution in [3.8, 4) is 0 Å². The Bertz CT molecular complexity index is 1450. The SMILES string of the molecule is CC/C=C\C/C=C\C/C=C\C/C=C\CCCCCCC(=O)OCC(COC(=O)CCCCCC/C=C\C/C=C\C/C=C\C/C=C\CC)OC(=O)CCCC/C=C\C/C=C\C/C=C\C/C=C\CC. The molecule has 374 valence electrons. The Labute approximate surface area is 410 Å². The Hall–Kier alpha value is -4.71. The van der Waals surface area contributed by atoms with Crippen LogP contribution in [0.4, 0.5) is 0 Å². The fourth-order valence-electron chi connectivity index (χ4n) is 6.47. The maximum atomic E-state index is 12.8. The van der Waals surface area contributed by atoms with Crippen molar-refractivity contribution >= 4 is 17.9 Å². The highest BCUT2D eigenvalue weighted by Crippen LogP contribution is 2.11. The Morgan fingerprint density at radius 2 is 0.537 bits per heavy atom. The van der Waals surface area contributed by atoms with Crippen molar-refractivity contribution in [3.63, 3.8) is 0 Å². The van der Waals surface area contributed by atoms with Crippen molar-refractivity contribution < 1.29 is 28.6 Å². The van der Waals surface area contributed by atoms with Crippen LogP contribution in [0.3, 0.4) is 0 Å². The molecule has 6 heteroatoms. The average Bonchev–Trinajstić information content (AvgIpc) is 3.33. The molecule has 0 saturated heterocycles. The minimum Gasteiger partial charge on any atom is -0.462 e. The molecular formula is C61H94O6. The number of hydrogen-bond donors (Lipinski definition) is 0. The minimum absolute atomic E-state index is 0.122. The van der Waals surface area contributed by atoms with Crippen LogP contribution in [0.15, 0.2) is 146 Å². The average molecular weight is 923 g/mol. The summed E-state index contributed by atoms with van der Waals surface area (Å²) in [5, 5.41) is 0. The maximum absolute atomic E-state index is 12.8. The van der Waals surface area contributed by atoms with Crippen LogP contribution in [-0.2, 0) is 28.6 Å². The highest BCUT2D eigenvalue weighted by molar-refractivity contribution is 5.71. The quantitative estimate of drug-likeness (QED) is 0.0262. The van der Waals surface area contributed by atoms with E-state index in [2.05, 4.69) is 167 Å². The standard InChI is InChI=1S/C61H94O6/c1-4-7-10-13-16-19-22-25-28-30-33-35-38-41-44-47-50-53-59(62)65-56-58(67-61(64)55-52-49-46-43-40-37-32-27-24-21-18-15-12-9-6-3)57-66-60(63)54-51-48-45-42-39-36-34-31-29-26-23-20-17-14-11-8-5-2/h7-12,16-21,25-29,32-36,40,43,58H,4-6,13-15,22-24,30-31,37-39,41-42,44-57H2,1-3H3/b10-7-,11-8-,12-9-,19-16-,20-17-,21-18-,28-25-,29-26-,32-27-,35-33-,36-34-,43-40-. The number of allylic oxidation sites excluding steroid dienone is 24. The van der Waals surface area contributed by atoms with Gasteiger partial charge in [0.15, 0.2) is 6.10 Å². The monoisotopic (exact) mass is 923 g/mol. The zero-order valence-electron chi connectivity index (χ0n) is 42.6. The number of carbonyl (C=O) groups excluding carboxylic acids is 3. The van der Waals surface area contributed by atoms with E-state index >= 15 is 0 Å². The Kier molecular flexibility index (Phi) is 50.1. The van der Waals surface area contributed by atoms with Crippen molar-refractivity contribution in [2.45, 2.75) is 207 Å². The van der Waals surface area contributed by atoms with Crippen molar-refractivity contribution in [2.75, 3.05) is 13.2 Å². The fourth-order valence-corrected chi connectivity index (χ4v) is 6.47. The molecule has 0 heterocycles. The smallest absolute Gasteiger partial charge is 0.306 e. The molecule has 0 fully saturated rings. The van der Waals surface area contributed by atoms with Crippen molar-refractivity contribution in [1.29, 1.82) is 0 Å². The van der Waals surface area contributed by atoms with Gasteiger partial charge in [-0.15, -0.1) is 0 Å². The fraction of sp³-hybridized carbons (Fsp3) is 0.557. The lowest BCUT2D eigenvalue weighted by atomic mass is 10.1. The van der Waals surface area contributed by atoms with Gasteiger partial charge in [-0.2, -0.15) is 0 Å². The Balaban J connectivity index is 4.57. The second kappa shape index (κ2) is 53.9. The second-order valence-corrected chi connectivity index (χ2v) is 16.6. The Morgan fingerprint density at radius 3 is 0.851 bits per heavy atom. The molecule has 0 rings (SSSR count). The summed E-state index contributed by atoms with van der Waals surface area (Å²) in [7, 11) is 0. The first kappa shape index (κ1) is 62.3. The molecular weight excluding hydrogens is 829 g/mol. The Morgan fingerprint density at radius 1 is 0.299 bits per heavy atom. The molecule has 67 heavy (non-hydrogen) atoms. The predicted octanol–water partition coefficient (Wildman–Crippen LogP) is 17.6. The molecule has 0 aliphatic rings. The van der Waals surface area contributed by atoms with Gasteiger partial charge in [-0.3, -0.25) is 14.4 Å². The first-order chi connectivity index (χ1) is 33.0. The molecule has 0 bridgehead atoms. The van der Waals surface area contributed by atoms with E-state index in [0.717, 1.165) is 154 Å². The summed E-state index contributed by atoms with van der Waals surface area (Å²) in [6.07, 6.45) is 76.9. The van der Waals surface area contributed by atoms with Gasteiger partial charge in [0.2, 0.25) is 0 Å². The molecule has 0 spiro atoms. The largest absolute Gasteiger partial charge is 0.462 e. The molecule has 0 N–H and O–H groups in total. The number of ether oxygens (including phenoxy) is 3. The van der Waals surface area contributed by atoms with Crippen LogP contribution in [0.25, 0.3) is 0 Å². The van der Waals surface area contributed by atoms with Gasteiger partial charge in [-0.25, -0.2) is 0 Å². The van der Waals surface area contributed by atoms with E-state index < -0.39 is 6.10 Å². The number of carbonyl (C=O) groups is 3. The third-order valence-electron chi connectivity index (χ3n) is 10.3. The third-order valence-corrected chi connectivity index (χ3v) is 10.3. The van der Waals surface area contributed by atoms with Gasteiger partial charge in [-0.05, 0) is 135 Å². The number of esters is 3. The molecule has 0 atom stereocenters. The van der Waals surface area contributed by atoms with Gasteiger partial charge in [0.05, 0.1) is 0 Å². The van der Waals surface area contributed by atoms with E-state index in [-0.39, 0.29) is 37.5 Å². The van der Waals surface area contributed by atoms with E-state index in [1.54, 1.807) is 0 Å². The summed E-state index contributed by atoms with van der Waals surface area (Å²) in [5.41, 5.74) is 0. The molecule has 0 unspecified atom stereocenters. The van der Waals surface area contributed by atoms with Crippen LogP contribution in [0.2, 0.25) is 0 Å². The molecule has 6 nitrogen and oxygen atoms in total. The lowest BCUT2D eigenvalue weighted by Crippen LogP contribution is -2.30. The van der Waals surface area contributed by atoms with Gasteiger partial charge in [-0.1, -0.05) is 192 Å². The molecule has 0 amide bonds. The second-order valence-electron chi connectivity index (χ2n) is 16.6. The lowest BCUT2D eigenvalue weighted by molar-refractivity contribution is -0.167. The van der Waals surface area contributed by atoms with Crippen LogP contribution in [0, 0.1) is 0 Å². The minimum atomic E-state index is -0.827. The zero-order chi connectivity index (χ0) is 48.6. The number of hydrogen-bond acceptors (Lipinski definition) is 6. The summed E-state index contributed by atoms with van der Waals surface area (Å²) in [6.45, 7) is 6.19. The molecule has 0 aliphatic heterocycles. The summed E-state index contributed by atoms with van der Waals surface area (Å²) >= 11 is 0. The van der Waals surface area contributed by atoms with Gasteiger partial charge in [0, 0.05) is 19.3 Å². The van der Waals surface area contributed by atoms with Gasteiger partial charge in [0.25, 0.3) is 0 Å². The van der Waals surface area contributed by atoms with Crippen molar-refractivity contribution in [2.24, 2.45) is 0 Å². The third kappa shape index (κ3) is 52.1.